The lowest BCUT2D eigenvalue weighted by Gasteiger charge is -1.98. The second-order valence-electron chi connectivity index (χ2n) is 3.83. The van der Waals surface area contributed by atoms with Gasteiger partial charge in [-0.05, 0) is 25.1 Å². The molecule has 3 rings (SSSR count). The normalized spacial score (nSPS) is 12.5. The number of nitrogens with zero attached hydrogens (tertiary/aromatic N) is 1. The van der Waals surface area contributed by atoms with Crippen molar-refractivity contribution in [2.75, 3.05) is 13.4 Å². The number of aromatic nitrogens is 1. The molecular formula is C13H11NO5. The Balaban J connectivity index is 1.88. The third kappa shape index (κ3) is 2.12. The lowest BCUT2D eigenvalue weighted by atomic mass is 10.2. The van der Waals surface area contributed by atoms with Gasteiger partial charge in [0.15, 0.2) is 17.2 Å². The van der Waals surface area contributed by atoms with Crippen LogP contribution >= 0.6 is 0 Å². The molecule has 6 heteroatoms. The van der Waals surface area contributed by atoms with Crippen LogP contribution in [0.4, 0.5) is 0 Å². The number of hydrogen-bond acceptors (Lipinski definition) is 6. The average molecular weight is 261 g/mol. The monoisotopic (exact) mass is 261 g/mol. The van der Waals surface area contributed by atoms with E-state index in [4.69, 9.17) is 18.6 Å². The number of ether oxygens (including phenoxy) is 3. The number of hydrogen-bond donors (Lipinski definition) is 0. The zero-order chi connectivity index (χ0) is 13.2. The minimum atomic E-state index is -0.502. The molecule has 2 aromatic rings. The first-order valence-electron chi connectivity index (χ1n) is 5.80. The summed E-state index contributed by atoms with van der Waals surface area (Å²) in [6.07, 6.45) is 1.28. The molecule has 1 aromatic carbocycles. The quantitative estimate of drug-likeness (QED) is 0.789. The molecule has 0 spiro atoms. The number of oxazole rings is 1. The van der Waals surface area contributed by atoms with Crippen molar-refractivity contribution >= 4 is 5.97 Å². The van der Waals surface area contributed by atoms with Crippen molar-refractivity contribution in [1.29, 1.82) is 0 Å². The maximum Gasteiger partial charge on any atom is 0.360 e. The smallest absolute Gasteiger partial charge is 0.360 e. The van der Waals surface area contributed by atoms with Crippen molar-refractivity contribution in [2.24, 2.45) is 0 Å². The predicted molar refractivity (Wildman–Crippen MR) is 64.0 cm³/mol. The molecule has 0 bridgehead atoms. The minimum Gasteiger partial charge on any atom is -0.461 e. The minimum absolute atomic E-state index is 0.148. The van der Waals surface area contributed by atoms with Gasteiger partial charge < -0.3 is 18.6 Å². The van der Waals surface area contributed by atoms with Gasteiger partial charge in [-0.3, -0.25) is 0 Å². The molecule has 6 nitrogen and oxygen atoms in total. The van der Waals surface area contributed by atoms with Crippen LogP contribution in [0.1, 0.15) is 17.4 Å². The zero-order valence-electron chi connectivity index (χ0n) is 10.2. The van der Waals surface area contributed by atoms with Crippen molar-refractivity contribution in [1.82, 2.24) is 4.98 Å². The summed E-state index contributed by atoms with van der Waals surface area (Å²) in [5.74, 6) is 1.15. The number of esters is 1. The maximum atomic E-state index is 11.5. The molecule has 1 aliphatic rings. The van der Waals surface area contributed by atoms with Crippen molar-refractivity contribution in [2.45, 2.75) is 6.92 Å². The van der Waals surface area contributed by atoms with E-state index in [1.807, 2.05) is 0 Å². The number of rotatable bonds is 3. The van der Waals surface area contributed by atoms with E-state index < -0.39 is 5.97 Å². The van der Waals surface area contributed by atoms with Crippen LogP contribution in [-0.2, 0) is 4.74 Å². The Kier molecular flexibility index (Phi) is 2.83. The van der Waals surface area contributed by atoms with Crippen molar-refractivity contribution < 1.29 is 23.4 Å². The number of carbonyl (C=O) groups is 1. The SMILES string of the molecule is CCOC(=O)c1coc(-c2ccc3c(c2)OCO3)n1. The lowest BCUT2D eigenvalue weighted by Crippen LogP contribution is -2.04. The molecule has 0 saturated carbocycles. The fourth-order valence-electron chi connectivity index (χ4n) is 1.73. The van der Waals surface area contributed by atoms with Crippen LogP contribution in [0.2, 0.25) is 0 Å². The molecule has 0 aliphatic carbocycles. The third-order valence-electron chi connectivity index (χ3n) is 2.61. The Bertz CT molecular complexity index is 619. The molecule has 1 aliphatic heterocycles. The summed E-state index contributed by atoms with van der Waals surface area (Å²) in [5, 5.41) is 0. The summed E-state index contributed by atoms with van der Waals surface area (Å²) < 4.78 is 20.6. The number of fused-ring (bicyclic) bond motifs is 1. The summed E-state index contributed by atoms with van der Waals surface area (Å²) in [5.41, 5.74) is 0.856. The van der Waals surface area contributed by atoms with Crippen LogP contribution in [0.15, 0.2) is 28.9 Å². The van der Waals surface area contributed by atoms with E-state index in [9.17, 15) is 4.79 Å². The highest BCUT2D eigenvalue weighted by Crippen LogP contribution is 2.35. The number of carbonyl (C=O) groups excluding carboxylic acids is 1. The second-order valence-corrected chi connectivity index (χ2v) is 3.83. The molecule has 0 amide bonds. The highest BCUT2D eigenvalue weighted by atomic mass is 16.7. The Morgan fingerprint density at radius 1 is 1.37 bits per heavy atom. The first-order chi connectivity index (χ1) is 9.28. The highest BCUT2D eigenvalue weighted by molar-refractivity contribution is 5.87. The van der Waals surface area contributed by atoms with Crippen LogP contribution in [-0.4, -0.2) is 24.4 Å². The zero-order valence-corrected chi connectivity index (χ0v) is 10.2. The van der Waals surface area contributed by atoms with Gasteiger partial charge in [-0.1, -0.05) is 0 Å². The topological polar surface area (TPSA) is 70.8 Å². The van der Waals surface area contributed by atoms with Crippen molar-refractivity contribution in [3.63, 3.8) is 0 Å². The summed E-state index contributed by atoms with van der Waals surface area (Å²) in [6, 6.07) is 5.31. The van der Waals surface area contributed by atoms with E-state index in [2.05, 4.69) is 4.98 Å². The van der Waals surface area contributed by atoms with Crippen LogP contribution < -0.4 is 9.47 Å². The van der Waals surface area contributed by atoms with Gasteiger partial charge in [-0.15, -0.1) is 0 Å². The molecule has 0 atom stereocenters. The summed E-state index contributed by atoms with van der Waals surface area (Å²) in [6.45, 7) is 2.24. The van der Waals surface area contributed by atoms with Crippen LogP contribution in [0.3, 0.4) is 0 Å². The van der Waals surface area contributed by atoms with Crippen molar-refractivity contribution in [3.8, 4) is 23.0 Å². The van der Waals surface area contributed by atoms with Gasteiger partial charge in [-0.2, -0.15) is 0 Å². The molecular weight excluding hydrogens is 250 g/mol. The van der Waals surface area contributed by atoms with E-state index in [-0.39, 0.29) is 12.5 Å². The van der Waals surface area contributed by atoms with Crippen molar-refractivity contribution in [3.05, 3.63) is 30.2 Å². The van der Waals surface area contributed by atoms with Crippen LogP contribution in [0, 0.1) is 0 Å². The maximum absolute atomic E-state index is 11.5. The molecule has 19 heavy (non-hydrogen) atoms. The highest BCUT2D eigenvalue weighted by Gasteiger charge is 2.18. The fraction of sp³-hybridized carbons (Fsp3) is 0.231. The predicted octanol–water partition coefficient (Wildman–Crippen LogP) is 2.25. The molecule has 2 heterocycles. The van der Waals surface area contributed by atoms with Crippen LogP contribution in [0.5, 0.6) is 11.5 Å². The second kappa shape index (κ2) is 4.64. The van der Waals surface area contributed by atoms with E-state index in [0.717, 1.165) is 0 Å². The van der Waals surface area contributed by atoms with E-state index >= 15 is 0 Å². The van der Waals surface area contributed by atoms with E-state index in [1.165, 1.54) is 6.26 Å². The lowest BCUT2D eigenvalue weighted by molar-refractivity contribution is 0.0519. The molecule has 0 N–H and O–H groups in total. The molecule has 0 saturated heterocycles. The van der Waals surface area contributed by atoms with Gasteiger partial charge in [0.25, 0.3) is 0 Å². The number of benzene rings is 1. The Hall–Kier alpha value is -2.50. The van der Waals surface area contributed by atoms with Gasteiger partial charge >= 0.3 is 5.97 Å². The first-order valence-corrected chi connectivity index (χ1v) is 5.80. The Labute approximate surface area is 108 Å². The van der Waals surface area contributed by atoms with E-state index in [0.29, 0.717) is 29.6 Å². The Morgan fingerprint density at radius 2 is 2.21 bits per heavy atom. The summed E-state index contributed by atoms with van der Waals surface area (Å²) in [4.78, 5) is 15.6. The van der Waals surface area contributed by atoms with Gasteiger partial charge in [0.2, 0.25) is 12.7 Å². The van der Waals surface area contributed by atoms with Gasteiger partial charge in [0.1, 0.15) is 6.26 Å². The largest absolute Gasteiger partial charge is 0.461 e. The molecule has 0 fully saturated rings. The average Bonchev–Trinajstić information content (AvgIpc) is 3.07. The third-order valence-corrected chi connectivity index (χ3v) is 2.61. The molecule has 0 unspecified atom stereocenters. The Morgan fingerprint density at radius 3 is 3.05 bits per heavy atom. The molecule has 0 radical (unpaired) electrons. The first kappa shape index (κ1) is 11.6. The van der Waals surface area contributed by atoms with Gasteiger partial charge in [0, 0.05) is 5.56 Å². The summed E-state index contributed by atoms with van der Waals surface area (Å²) in [7, 11) is 0. The molecule has 1 aromatic heterocycles. The molecule has 98 valence electrons. The summed E-state index contributed by atoms with van der Waals surface area (Å²) >= 11 is 0. The van der Waals surface area contributed by atoms with Crippen LogP contribution in [0.25, 0.3) is 11.5 Å². The van der Waals surface area contributed by atoms with Gasteiger partial charge in [0.05, 0.1) is 6.61 Å². The standard InChI is InChI=1S/C13H11NO5/c1-2-16-13(15)9-6-17-12(14-9)8-3-4-10-11(5-8)19-7-18-10/h3-6H,2,7H2,1H3. The van der Waals surface area contributed by atoms with Gasteiger partial charge in [-0.25, -0.2) is 9.78 Å². The fourth-order valence-corrected chi connectivity index (χ4v) is 1.73. The van der Waals surface area contributed by atoms with E-state index in [1.54, 1.807) is 25.1 Å².